The Kier molecular flexibility index (Phi) is 7.62. The van der Waals surface area contributed by atoms with Crippen LogP contribution in [0.1, 0.15) is 50.3 Å². The van der Waals surface area contributed by atoms with Gasteiger partial charge in [-0.15, -0.1) is 0 Å². The highest BCUT2D eigenvalue weighted by Crippen LogP contribution is 2.21. The third-order valence-corrected chi connectivity index (χ3v) is 4.13. The summed E-state index contributed by atoms with van der Waals surface area (Å²) in [5.74, 6) is 1.64. The fourth-order valence-electron chi connectivity index (χ4n) is 2.78. The SMILES string of the molecule is CCc1c(C)nc(-c2ccccn2)nc1NCCCCCCCN. The van der Waals surface area contributed by atoms with Crippen LogP contribution >= 0.6 is 0 Å². The minimum atomic E-state index is 0.691. The summed E-state index contributed by atoms with van der Waals surface area (Å²) in [7, 11) is 0. The summed E-state index contributed by atoms with van der Waals surface area (Å²) in [5.41, 5.74) is 8.55. The zero-order valence-electron chi connectivity index (χ0n) is 14.9. The first-order valence-corrected chi connectivity index (χ1v) is 8.99. The van der Waals surface area contributed by atoms with E-state index < -0.39 is 0 Å². The molecule has 2 aromatic heterocycles. The van der Waals surface area contributed by atoms with Crippen molar-refractivity contribution in [2.24, 2.45) is 5.73 Å². The van der Waals surface area contributed by atoms with Gasteiger partial charge in [-0.1, -0.05) is 32.3 Å². The number of aromatic nitrogens is 3. The van der Waals surface area contributed by atoms with Crippen LogP contribution in [0.25, 0.3) is 11.5 Å². The molecular weight excluding hydrogens is 298 g/mol. The van der Waals surface area contributed by atoms with Gasteiger partial charge in [0.25, 0.3) is 0 Å². The number of aryl methyl sites for hydroxylation is 1. The normalized spacial score (nSPS) is 10.8. The van der Waals surface area contributed by atoms with Crippen LogP contribution in [0.5, 0.6) is 0 Å². The Labute approximate surface area is 145 Å². The Morgan fingerprint density at radius 3 is 2.54 bits per heavy atom. The van der Waals surface area contributed by atoms with Crippen LogP contribution in [0.2, 0.25) is 0 Å². The van der Waals surface area contributed by atoms with Crippen molar-refractivity contribution in [1.82, 2.24) is 15.0 Å². The van der Waals surface area contributed by atoms with Gasteiger partial charge in [0.05, 0.1) is 0 Å². The number of nitrogens with two attached hydrogens (primary N) is 1. The minimum absolute atomic E-state index is 0.691. The average molecular weight is 327 g/mol. The highest BCUT2D eigenvalue weighted by Gasteiger charge is 2.11. The monoisotopic (exact) mass is 327 g/mol. The van der Waals surface area contributed by atoms with Gasteiger partial charge in [0.15, 0.2) is 5.82 Å². The summed E-state index contributed by atoms with van der Waals surface area (Å²) in [4.78, 5) is 13.7. The fourth-order valence-corrected chi connectivity index (χ4v) is 2.78. The first kappa shape index (κ1) is 18.3. The van der Waals surface area contributed by atoms with Gasteiger partial charge < -0.3 is 11.1 Å². The molecule has 0 amide bonds. The Morgan fingerprint density at radius 2 is 1.83 bits per heavy atom. The lowest BCUT2D eigenvalue weighted by atomic mass is 10.1. The smallest absolute Gasteiger partial charge is 0.180 e. The van der Waals surface area contributed by atoms with E-state index in [1.54, 1.807) is 6.20 Å². The lowest BCUT2D eigenvalue weighted by Crippen LogP contribution is -2.10. The molecule has 2 aromatic rings. The summed E-state index contributed by atoms with van der Waals surface area (Å²) in [6.45, 7) is 5.93. The fraction of sp³-hybridized carbons (Fsp3) is 0.526. The minimum Gasteiger partial charge on any atom is -0.370 e. The molecular formula is C19H29N5. The van der Waals surface area contributed by atoms with Gasteiger partial charge in [0, 0.05) is 24.0 Å². The molecule has 0 radical (unpaired) electrons. The molecule has 3 N–H and O–H groups in total. The zero-order valence-corrected chi connectivity index (χ0v) is 14.9. The summed E-state index contributed by atoms with van der Waals surface area (Å²) in [6.07, 6.45) is 8.69. The maximum atomic E-state index is 5.52. The standard InChI is InChI=1S/C19H29N5/c1-3-16-15(2)23-19(17-11-7-10-13-21-17)24-18(16)22-14-9-6-4-5-8-12-20/h7,10-11,13H,3-6,8-9,12,14,20H2,1-2H3,(H,22,23,24). The van der Waals surface area contributed by atoms with Crippen LogP contribution in [0, 0.1) is 6.92 Å². The number of pyridine rings is 1. The van der Waals surface area contributed by atoms with Crippen molar-refractivity contribution in [1.29, 1.82) is 0 Å². The third kappa shape index (κ3) is 5.27. The van der Waals surface area contributed by atoms with Crippen molar-refractivity contribution in [3.63, 3.8) is 0 Å². The van der Waals surface area contributed by atoms with E-state index in [0.29, 0.717) is 5.82 Å². The topological polar surface area (TPSA) is 76.7 Å². The number of hydrogen-bond acceptors (Lipinski definition) is 5. The average Bonchev–Trinajstić information content (AvgIpc) is 2.61. The van der Waals surface area contributed by atoms with E-state index in [1.165, 1.54) is 24.8 Å². The third-order valence-electron chi connectivity index (χ3n) is 4.13. The number of hydrogen-bond donors (Lipinski definition) is 2. The molecule has 2 rings (SSSR count). The van der Waals surface area contributed by atoms with Crippen LogP contribution in [-0.4, -0.2) is 28.0 Å². The molecule has 0 saturated carbocycles. The number of nitrogens with one attached hydrogen (secondary N) is 1. The highest BCUT2D eigenvalue weighted by atomic mass is 15.0. The second kappa shape index (κ2) is 9.98. The van der Waals surface area contributed by atoms with Crippen LogP contribution in [0.4, 0.5) is 5.82 Å². The number of anilines is 1. The van der Waals surface area contributed by atoms with E-state index in [1.807, 2.05) is 25.1 Å². The van der Waals surface area contributed by atoms with Crippen LogP contribution in [-0.2, 0) is 6.42 Å². The number of rotatable bonds is 10. The maximum absolute atomic E-state index is 5.52. The molecule has 5 nitrogen and oxygen atoms in total. The molecule has 0 aliphatic rings. The van der Waals surface area contributed by atoms with Gasteiger partial charge in [-0.3, -0.25) is 4.98 Å². The second-order valence-electron chi connectivity index (χ2n) is 6.01. The molecule has 0 aliphatic heterocycles. The summed E-state index contributed by atoms with van der Waals surface area (Å²) in [6, 6.07) is 5.81. The molecule has 0 atom stereocenters. The Morgan fingerprint density at radius 1 is 1.04 bits per heavy atom. The molecule has 0 spiro atoms. The molecule has 0 bridgehead atoms. The largest absolute Gasteiger partial charge is 0.370 e. The Hall–Kier alpha value is -2.01. The highest BCUT2D eigenvalue weighted by molar-refractivity contribution is 5.56. The molecule has 0 aromatic carbocycles. The van der Waals surface area contributed by atoms with Crippen molar-refractivity contribution in [3.8, 4) is 11.5 Å². The first-order valence-electron chi connectivity index (χ1n) is 8.99. The van der Waals surface area contributed by atoms with E-state index in [4.69, 9.17) is 10.7 Å². The molecule has 24 heavy (non-hydrogen) atoms. The van der Waals surface area contributed by atoms with Crippen molar-refractivity contribution >= 4 is 5.82 Å². The molecule has 0 aliphatic carbocycles. The van der Waals surface area contributed by atoms with Gasteiger partial charge in [-0.2, -0.15) is 0 Å². The van der Waals surface area contributed by atoms with E-state index in [-0.39, 0.29) is 0 Å². The van der Waals surface area contributed by atoms with Crippen molar-refractivity contribution in [2.45, 2.75) is 52.4 Å². The van der Waals surface area contributed by atoms with Crippen LogP contribution in [0.15, 0.2) is 24.4 Å². The van der Waals surface area contributed by atoms with Crippen LogP contribution < -0.4 is 11.1 Å². The number of nitrogens with zero attached hydrogens (tertiary/aromatic N) is 3. The maximum Gasteiger partial charge on any atom is 0.180 e. The molecule has 130 valence electrons. The molecule has 5 heteroatoms. The number of unbranched alkanes of at least 4 members (excludes halogenated alkanes) is 4. The Bertz CT molecular complexity index is 613. The quantitative estimate of drug-likeness (QED) is 0.650. The van der Waals surface area contributed by atoms with E-state index in [9.17, 15) is 0 Å². The second-order valence-corrected chi connectivity index (χ2v) is 6.01. The van der Waals surface area contributed by atoms with Gasteiger partial charge >= 0.3 is 0 Å². The van der Waals surface area contributed by atoms with Crippen molar-refractivity contribution < 1.29 is 0 Å². The molecule has 0 unspecified atom stereocenters. The van der Waals surface area contributed by atoms with Gasteiger partial charge in [0.1, 0.15) is 11.5 Å². The molecule has 0 fully saturated rings. The molecule has 0 saturated heterocycles. The Balaban J connectivity index is 2.01. The van der Waals surface area contributed by atoms with Crippen molar-refractivity contribution in [2.75, 3.05) is 18.4 Å². The zero-order chi connectivity index (χ0) is 17.2. The van der Waals surface area contributed by atoms with Gasteiger partial charge in [0.2, 0.25) is 0 Å². The molecule has 2 heterocycles. The lowest BCUT2D eigenvalue weighted by Gasteiger charge is -2.13. The predicted octanol–water partition coefficient (Wildman–Crippen LogP) is 3.73. The lowest BCUT2D eigenvalue weighted by molar-refractivity contribution is 0.628. The van der Waals surface area contributed by atoms with Gasteiger partial charge in [-0.05, 0) is 44.9 Å². The van der Waals surface area contributed by atoms with E-state index >= 15 is 0 Å². The predicted molar refractivity (Wildman–Crippen MR) is 100 cm³/mol. The summed E-state index contributed by atoms with van der Waals surface area (Å²) < 4.78 is 0. The van der Waals surface area contributed by atoms with Crippen molar-refractivity contribution in [3.05, 3.63) is 35.7 Å². The summed E-state index contributed by atoms with van der Waals surface area (Å²) >= 11 is 0. The van der Waals surface area contributed by atoms with Crippen LogP contribution in [0.3, 0.4) is 0 Å². The van der Waals surface area contributed by atoms with E-state index in [2.05, 4.69) is 22.2 Å². The first-order chi connectivity index (χ1) is 11.8. The summed E-state index contributed by atoms with van der Waals surface area (Å²) in [5, 5.41) is 3.50. The van der Waals surface area contributed by atoms with Gasteiger partial charge in [-0.25, -0.2) is 9.97 Å². The van der Waals surface area contributed by atoms with E-state index in [0.717, 1.165) is 49.6 Å².